The van der Waals surface area contributed by atoms with Crippen molar-refractivity contribution >= 4 is 5.91 Å². The summed E-state index contributed by atoms with van der Waals surface area (Å²) in [7, 11) is 0. The summed E-state index contributed by atoms with van der Waals surface area (Å²) in [6.45, 7) is 7.93. The molecule has 0 bridgehead atoms. The topological polar surface area (TPSA) is 78.8 Å². The number of carbonyl (C=O) groups excluding carboxylic acids is 1. The van der Waals surface area contributed by atoms with E-state index in [1.54, 1.807) is 6.92 Å². The van der Waals surface area contributed by atoms with E-state index in [4.69, 9.17) is 9.84 Å². The van der Waals surface area contributed by atoms with Gasteiger partial charge in [-0.3, -0.25) is 4.79 Å². The van der Waals surface area contributed by atoms with Crippen LogP contribution in [0.25, 0.3) is 0 Å². The van der Waals surface area contributed by atoms with Crippen LogP contribution < -0.4 is 10.1 Å². The highest BCUT2D eigenvalue weighted by Crippen LogP contribution is 2.43. The van der Waals surface area contributed by atoms with E-state index in [-0.39, 0.29) is 12.5 Å². The molecule has 0 aliphatic carbocycles. The van der Waals surface area contributed by atoms with Gasteiger partial charge in [0, 0.05) is 25.1 Å². The first kappa shape index (κ1) is 16.6. The minimum atomic E-state index is -0.914. The molecule has 0 fully saturated rings. The zero-order chi connectivity index (χ0) is 16.5. The fourth-order valence-corrected chi connectivity index (χ4v) is 2.88. The van der Waals surface area contributed by atoms with Crippen LogP contribution in [0, 0.1) is 20.8 Å². The minimum absolute atomic E-state index is 0.0530. The molecule has 1 aliphatic heterocycles. The summed E-state index contributed by atoms with van der Waals surface area (Å²) in [5.41, 5.74) is 2.58. The van der Waals surface area contributed by atoms with Crippen molar-refractivity contribution in [3.8, 4) is 11.5 Å². The number of phenolic OH excluding ortho intramolecular Hbond substituents is 1. The van der Waals surface area contributed by atoms with E-state index in [1.807, 2.05) is 20.8 Å². The summed E-state index contributed by atoms with van der Waals surface area (Å²) in [5.74, 6) is 0.879. The third kappa shape index (κ3) is 2.77. The van der Waals surface area contributed by atoms with E-state index in [1.165, 1.54) is 0 Å². The summed E-state index contributed by atoms with van der Waals surface area (Å²) < 4.78 is 6.07. The number of hydrogen-bond acceptors (Lipinski definition) is 4. The Morgan fingerprint density at radius 3 is 2.59 bits per heavy atom. The molecule has 5 heteroatoms. The van der Waals surface area contributed by atoms with Crippen molar-refractivity contribution in [3.63, 3.8) is 0 Å². The third-order valence-electron chi connectivity index (χ3n) is 4.62. The molecule has 1 heterocycles. The van der Waals surface area contributed by atoms with Crippen molar-refractivity contribution < 1.29 is 19.7 Å². The highest BCUT2D eigenvalue weighted by atomic mass is 16.5. The molecule has 0 spiro atoms. The smallest absolute Gasteiger partial charge is 0.263 e. The van der Waals surface area contributed by atoms with Crippen LogP contribution in [0.15, 0.2) is 0 Å². The standard InChI is InChI=1S/C17H25NO4/c1-10-11(2)15-13(12(3)14(10)20)6-7-17(4,22-15)16(21)18-8-5-9-19/h19-20H,5-9H2,1-4H3,(H,18,21). The van der Waals surface area contributed by atoms with Crippen molar-refractivity contribution in [2.24, 2.45) is 0 Å². The SMILES string of the molecule is Cc1c(C)c2c(c(C)c1O)CCC(C)(C(=O)NCCCO)O2. The number of ether oxygens (including phenoxy) is 1. The van der Waals surface area contributed by atoms with Gasteiger partial charge in [0.25, 0.3) is 5.91 Å². The van der Waals surface area contributed by atoms with Crippen LogP contribution in [0.1, 0.15) is 42.0 Å². The van der Waals surface area contributed by atoms with Gasteiger partial charge >= 0.3 is 0 Å². The number of aliphatic hydroxyl groups excluding tert-OH is 1. The van der Waals surface area contributed by atoms with Crippen LogP contribution >= 0.6 is 0 Å². The van der Waals surface area contributed by atoms with Crippen LogP contribution in [-0.4, -0.2) is 34.9 Å². The molecule has 0 saturated carbocycles. The molecule has 3 N–H and O–H groups in total. The molecule has 0 radical (unpaired) electrons. The number of carbonyl (C=O) groups is 1. The van der Waals surface area contributed by atoms with Gasteiger partial charge in [0.05, 0.1) is 0 Å². The number of benzene rings is 1. The maximum Gasteiger partial charge on any atom is 0.263 e. The molecule has 22 heavy (non-hydrogen) atoms. The Hall–Kier alpha value is -1.75. The first-order valence-electron chi connectivity index (χ1n) is 7.71. The van der Waals surface area contributed by atoms with Gasteiger partial charge in [0.1, 0.15) is 11.5 Å². The second-order valence-corrected chi connectivity index (χ2v) is 6.20. The number of rotatable bonds is 4. The van der Waals surface area contributed by atoms with E-state index >= 15 is 0 Å². The average Bonchev–Trinajstić information content (AvgIpc) is 2.51. The second kappa shape index (κ2) is 6.16. The molecule has 0 saturated heterocycles. The van der Waals surface area contributed by atoms with E-state index in [0.717, 1.165) is 28.0 Å². The summed E-state index contributed by atoms with van der Waals surface area (Å²) in [5, 5.41) is 21.8. The predicted octanol–water partition coefficient (Wildman–Crippen LogP) is 1.90. The summed E-state index contributed by atoms with van der Waals surface area (Å²) in [6, 6.07) is 0. The van der Waals surface area contributed by atoms with Gasteiger partial charge < -0.3 is 20.3 Å². The van der Waals surface area contributed by atoms with Crippen LogP contribution in [0.3, 0.4) is 0 Å². The molecule has 1 unspecified atom stereocenters. The lowest BCUT2D eigenvalue weighted by Gasteiger charge is -2.36. The Balaban J connectivity index is 2.29. The quantitative estimate of drug-likeness (QED) is 0.742. The van der Waals surface area contributed by atoms with Crippen LogP contribution in [-0.2, 0) is 11.2 Å². The zero-order valence-electron chi connectivity index (χ0n) is 13.7. The molecule has 1 aliphatic rings. The summed E-state index contributed by atoms with van der Waals surface area (Å²) in [4.78, 5) is 12.4. The fraction of sp³-hybridized carbons (Fsp3) is 0.588. The van der Waals surface area contributed by atoms with Gasteiger partial charge in [-0.2, -0.15) is 0 Å². The van der Waals surface area contributed by atoms with Crippen LogP contribution in [0.4, 0.5) is 0 Å². The molecular formula is C17H25NO4. The number of hydrogen-bond donors (Lipinski definition) is 3. The number of nitrogens with one attached hydrogen (secondary N) is 1. The fourth-order valence-electron chi connectivity index (χ4n) is 2.88. The lowest BCUT2D eigenvalue weighted by atomic mass is 9.86. The zero-order valence-corrected chi connectivity index (χ0v) is 13.7. The molecule has 2 rings (SSSR count). The van der Waals surface area contributed by atoms with Gasteiger partial charge in [-0.15, -0.1) is 0 Å². The van der Waals surface area contributed by atoms with Gasteiger partial charge in [0.15, 0.2) is 5.60 Å². The molecule has 1 aromatic carbocycles. The predicted molar refractivity (Wildman–Crippen MR) is 84.4 cm³/mol. The lowest BCUT2D eigenvalue weighted by Crippen LogP contribution is -2.51. The van der Waals surface area contributed by atoms with Crippen molar-refractivity contribution in [1.82, 2.24) is 5.32 Å². The average molecular weight is 307 g/mol. The molecule has 1 atom stereocenters. The Morgan fingerprint density at radius 1 is 1.27 bits per heavy atom. The number of amides is 1. The molecule has 122 valence electrons. The lowest BCUT2D eigenvalue weighted by molar-refractivity contribution is -0.136. The Kier molecular flexibility index (Phi) is 4.66. The number of aromatic hydroxyl groups is 1. The van der Waals surface area contributed by atoms with Crippen LogP contribution in [0.2, 0.25) is 0 Å². The molecular weight excluding hydrogens is 282 g/mol. The number of fused-ring (bicyclic) bond motifs is 1. The third-order valence-corrected chi connectivity index (χ3v) is 4.62. The number of aliphatic hydroxyl groups is 1. The van der Waals surface area contributed by atoms with Crippen LogP contribution in [0.5, 0.6) is 11.5 Å². The van der Waals surface area contributed by atoms with E-state index in [0.29, 0.717) is 31.6 Å². The Bertz CT molecular complexity index is 597. The van der Waals surface area contributed by atoms with Gasteiger partial charge in [-0.1, -0.05) is 0 Å². The first-order chi connectivity index (χ1) is 10.3. The largest absolute Gasteiger partial charge is 0.507 e. The van der Waals surface area contributed by atoms with Crippen molar-refractivity contribution in [1.29, 1.82) is 0 Å². The van der Waals surface area contributed by atoms with Gasteiger partial charge in [0.2, 0.25) is 0 Å². The highest BCUT2D eigenvalue weighted by molar-refractivity contribution is 5.85. The first-order valence-corrected chi connectivity index (χ1v) is 7.71. The molecule has 0 aromatic heterocycles. The van der Waals surface area contributed by atoms with E-state index in [2.05, 4.69) is 5.32 Å². The maximum absolute atomic E-state index is 12.4. The number of phenols is 1. The molecule has 1 aromatic rings. The minimum Gasteiger partial charge on any atom is -0.507 e. The Morgan fingerprint density at radius 2 is 1.95 bits per heavy atom. The van der Waals surface area contributed by atoms with Gasteiger partial charge in [-0.25, -0.2) is 0 Å². The second-order valence-electron chi connectivity index (χ2n) is 6.20. The van der Waals surface area contributed by atoms with Gasteiger partial charge in [-0.05, 0) is 57.2 Å². The van der Waals surface area contributed by atoms with E-state index < -0.39 is 5.60 Å². The van der Waals surface area contributed by atoms with E-state index in [9.17, 15) is 9.90 Å². The maximum atomic E-state index is 12.4. The molecule has 1 amide bonds. The van der Waals surface area contributed by atoms with Crippen molar-refractivity contribution in [3.05, 3.63) is 22.3 Å². The molecule has 5 nitrogen and oxygen atoms in total. The normalized spacial score (nSPS) is 20.2. The highest BCUT2D eigenvalue weighted by Gasteiger charge is 2.40. The van der Waals surface area contributed by atoms with Crippen molar-refractivity contribution in [2.45, 2.75) is 52.6 Å². The Labute approximate surface area is 131 Å². The summed E-state index contributed by atoms with van der Waals surface area (Å²) in [6.07, 6.45) is 1.79. The summed E-state index contributed by atoms with van der Waals surface area (Å²) >= 11 is 0. The van der Waals surface area contributed by atoms with Crippen molar-refractivity contribution in [2.75, 3.05) is 13.2 Å². The monoisotopic (exact) mass is 307 g/mol.